The fourth-order valence-corrected chi connectivity index (χ4v) is 3.81. The molecule has 5 nitrogen and oxygen atoms in total. The van der Waals surface area contributed by atoms with Gasteiger partial charge in [-0.15, -0.1) is 0 Å². The molecule has 24 heavy (non-hydrogen) atoms. The molecule has 1 unspecified atom stereocenters. The van der Waals surface area contributed by atoms with E-state index in [4.69, 9.17) is 0 Å². The van der Waals surface area contributed by atoms with Crippen LogP contribution in [-0.2, 0) is 16.1 Å². The van der Waals surface area contributed by atoms with Crippen molar-refractivity contribution in [3.8, 4) is 0 Å². The van der Waals surface area contributed by atoms with E-state index < -0.39 is 6.04 Å². The molecule has 2 heterocycles. The SMILES string of the molecule is CC(C)CCN1C(=O)Cn2cccc2C1C(=O)NC1CCCCC1. The summed E-state index contributed by atoms with van der Waals surface area (Å²) >= 11 is 0. The number of amides is 2. The summed E-state index contributed by atoms with van der Waals surface area (Å²) in [6.45, 7) is 5.28. The number of aromatic nitrogens is 1. The lowest BCUT2D eigenvalue weighted by Gasteiger charge is -2.37. The molecule has 0 bridgehead atoms. The van der Waals surface area contributed by atoms with Crippen LogP contribution in [0.3, 0.4) is 0 Å². The molecule has 1 aliphatic carbocycles. The third kappa shape index (κ3) is 3.65. The Kier molecular flexibility index (Phi) is 5.27. The van der Waals surface area contributed by atoms with E-state index in [2.05, 4.69) is 19.2 Å². The molecule has 1 N–H and O–H groups in total. The van der Waals surface area contributed by atoms with Crippen LogP contribution in [0.25, 0.3) is 0 Å². The van der Waals surface area contributed by atoms with Crippen molar-refractivity contribution in [3.05, 3.63) is 24.0 Å². The summed E-state index contributed by atoms with van der Waals surface area (Å²) in [6, 6.07) is 3.68. The first-order valence-corrected chi connectivity index (χ1v) is 9.31. The molecule has 2 amide bonds. The molecule has 1 aromatic rings. The van der Waals surface area contributed by atoms with Crippen molar-refractivity contribution in [2.24, 2.45) is 5.92 Å². The van der Waals surface area contributed by atoms with Crippen LogP contribution in [0.1, 0.15) is 64.1 Å². The van der Waals surface area contributed by atoms with Crippen LogP contribution in [-0.4, -0.2) is 33.9 Å². The van der Waals surface area contributed by atoms with E-state index in [1.165, 1.54) is 19.3 Å². The largest absolute Gasteiger partial charge is 0.351 e. The molecule has 0 spiro atoms. The number of carbonyl (C=O) groups is 2. The number of nitrogens with one attached hydrogen (secondary N) is 1. The third-order valence-electron chi connectivity index (χ3n) is 5.23. The maximum atomic E-state index is 13.0. The van der Waals surface area contributed by atoms with Crippen molar-refractivity contribution in [1.29, 1.82) is 0 Å². The minimum Gasteiger partial charge on any atom is -0.351 e. The second-order valence-corrected chi connectivity index (χ2v) is 7.58. The second kappa shape index (κ2) is 7.41. The Bertz CT molecular complexity index is 587. The number of hydrogen-bond donors (Lipinski definition) is 1. The highest BCUT2D eigenvalue weighted by atomic mass is 16.2. The molecule has 1 atom stereocenters. The van der Waals surface area contributed by atoms with Gasteiger partial charge >= 0.3 is 0 Å². The topological polar surface area (TPSA) is 54.3 Å². The Morgan fingerprint density at radius 2 is 2.04 bits per heavy atom. The number of rotatable bonds is 5. The number of carbonyl (C=O) groups excluding carboxylic acids is 2. The molecule has 0 saturated heterocycles. The smallest absolute Gasteiger partial charge is 0.249 e. The lowest BCUT2D eigenvalue weighted by molar-refractivity contribution is -0.144. The first-order chi connectivity index (χ1) is 11.6. The summed E-state index contributed by atoms with van der Waals surface area (Å²) in [5.41, 5.74) is 0.937. The highest BCUT2D eigenvalue weighted by Gasteiger charge is 2.37. The normalized spacial score (nSPS) is 21.9. The molecule has 1 aliphatic heterocycles. The monoisotopic (exact) mass is 331 g/mol. The van der Waals surface area contributed by atoms with E-state index >= 15 is 0 Å². The second-order valence-electron chi connectivity index (χ2n) is 7.58. The first-order valence-electron chi connectivity index (χ1n) is 9.31. The van der Waals surface area contributed by atoms with Crippen molar-refractivity contribution in [3.63, 3.8) is 0 Å². The fraction of sp³-hybridized carbons (Fsp3) is 0.684. The van der Waals surface area contributed by atoms with Crippen molar-refractivity contribution in [2.75, 3.05) is 6.54 Å². The van der Waals surface area contributed by atoms with E-state index in [0.29, 0.717) is 19.0 Å². The Morgan fingerprint density at radius 1 is 1.29 bits per heavy atom. The average Bonchev–Trinajstić information content (AvgIpc) is 3.00. The molecule has 2 aliphatic rings. The van der Waals surface area contributed by atoms with Gasteiger partial charge in [-0.05, 0) is 37.3 Å². The van der Waals surface area contributed by atoms with Gasteiger partial charge in [0.1, 0.15) is 6.54 Å². The fourth-order valence-electron chi connectivity index (χ4n) is 3.81. The van der Waals surface area contributed by atoms with E-state index in [9.17, 15) is 9.59 Å². The standard InChI is InChI=1S/C19H29N3O2/c1-14(2)10-12-22-17(23)13-21-11-6-9-16(21)18(22)19(24)20-15-7-4-3-5-8-15/h6,9,11,14-15,18H,3-5,7-8,10,12-13H2,1-2H3,(H,20,24). The Morgan fingerprint density at radius 3 is 2.75 bits per heavy atom. The predicted molar refractivity (Wildman–Crippen MR) is 93.4 cm³/mol. The number of fused-ring (bicyclic) bond motifs is 1. The van der Waals surface area contributed by atoms with Gasteiger partial charge in [0, 0.05) is 18.8 Å². The lowest BCUT2D eigenvalue weighted by Crippen LogP contribution is -2.51. The summed E-state index contributed by atoms with van der Waals surface area (Å²) in [4.78, 5) is 27.4. The summed E-state index contributed by atoms with van der Waals surface area (Å²) in [7, 11) is 0. The molecule has 1 aromatic heterocycles. The van der Waals surface area contributed by atoms with Crippen LogP contribution in [0.15, 0.2) is 18.3 Å². The van der Waals surface area contributed by atoms with Crippen molar-refractivity contribution < 1.29 is 9.59 Å². The minimum absolute atomic E-state index is 0.0151. The zero-order valence-corrected chi connectivity index (χ0v) is 14.8. The molecule has 0 aromatic carbocycles. The predicted octanol–water partition coefficient (Wildman–Crippen LogP) is 2.87. The molecule has 1 saturated carbocycles. The highest BCUT2D eigenvalue weighted by molar-refractivity contribution is 5.90. The molecular formula is C19H29N3O2. The first kappa shape index (κ1) is 17.1. The Labute approximate surface area is 144 Å². The third-order valence-corrected chi connectivity index (χ3v) is 5.23. The van der Waals surface area contributed by atoms with Crippen LogP contribution >= 0.6 is 0 Å². The van der Waals surface area contributed by atoms with Crippen LogP contribution in [0.4, 0.5) is 0 Å². The van der Waals surface area contributed by atoms with Crippen LogP contribution < -0.4 is 5.32 Å². The molecule has 5 heteroatoms. The van der Waals surface area contributed by atoms with E-state index in [-0.39, 0.29) is 17.9 Å². The molecule has 0 radical (unpaired) electrons. The Hall–Kier alpha value is -1.78. The van der Waals surface area contributed by atoms with E-state index in [1.54, 1.807) is 4.90 Å². The zero-order chi connectivity index (χ0) is 17.1. The summed E-state index contributed by atoms with van der Waals surface area (Å²) in [5.74, 6) is 0.537. The number of hydrogen-bond acceptors (Lipinski definition) is 2. The molecular weight excluding hydrogens is 302 g/mol. The maximum Gasteiger partial charge on any atom is 0.249 e. The van der Waals surface area contributed by atoms with Gasteiger partial charge in [-0.2, -0.15) is 0 Å². The van der Waals surface area contributed by atoms with Gasteiger partial charge in [0.2, 0.25) is 11.8 Å². The molecule has 3 rings (SSSR count). The molecule has 1 fully saturated rings. The van der Waals surface area contributed by atoms with Gasteiger partial charge in [0.25, 0.3) is 0 Å². The lowest BCUT2D eigenvalue weighted by atomic mass is 9.95. The van der Waals surface area contributed by atoms with Gasteiger partial charge in [0.05, 0.1) is 5.69 Å². The van der Waals surface area contributed by atoms with Gasteiger partial charge in [-0.1, -0.05) is 33.1 Å². The highest BCUT2D eigenvalue weighted by Crippen LogP contribution is 2.28. The van der Waals surface area contributed by atoms with Crippen molar-refractivity contribution >= 4 is 11.8 Å². The van der Waals surface area contributed by atoms with E-state index in [0.717, 1.165) is 25.0 Å². The van der Waals surface area contributed by atoms with Crippen molar-refractivity contribution in [1.82, 2.24) is 14.8 Å². The van der Waals surface area contributed by atoms with E-state index in [1.807, 2.05) is 22.9 Å². The quantitative estimate of drug-likeness (QED) is 0.902. The van der Waals surface area contributed by atoms with Gasteiger partial charge in [-0.3, -0.25) is 9.59 Å². The summed E-state index contributed by atoms with van der Waals surface area (Å²) < 4.78 is 1.92. The summed E-state index contributed by atoms with van der Waals surface area (Å²) in [6.07, 6.45) is 8.55. The molecule has 132 valence electrons. The summed E-state index contributed by atoms with van der Waals surface area (Å²) in [5, 5.41) is 3.21. The number of nitrogens with zero attached hydrogens (tertiary/aromatic N) is 2. The van der Waals surface area contributed by atoms with Gasteiger partial charge in [-0.25, -0.2) is 0 Å². The van der Waals surface area contributed by atoms with Crippen LogP contribution in [0.2, 0.25) is 0 Å². The van der Waals surface area contributed by atoms with Gasteiger partial charge in [0.15, 0.2) is 6.04 Å². The average molecular weight is 331 g/mol. The Balaban J connectivity index is 1.79. The minimum atomic E-state index is -0.484. The zero-order valence-electron chi connectivity index (χ0n) is 14.8. The van der Waals surface area contributed by atoms with Crippen LogP contribution in [0, 0.1) is 5.92 Å². The van der Waals surface area contributed by atoms with Gasteiger partial charge < -0.3 is 14.8 Å². The van der Waals surface area contributed by atoms with Crippen LogP contribution in [0.5, 0.6) is 0 Å². The maximum absolute atomic E-state index is 13.0. The van der Waals surface area contributed by atoms with Crippen molar-refractivity contribution in [2.45, 2.75) is 71.0 Å².